The predicted molar refractivity (Wildman–Crippen MR) is 93.2 cm³/mol. The van der Waals surface area contributed by atoms with E-state index in [-0.39, 0.29) is 6.10 Å². The average Bonchev–Trinajstić information content (AvgIpc) is 2.57. The van der Waals surface area contributed by atoms with E-state index in [1.807, 2.05) is 6.07 Å². The largest absolute Gasteiger partial charge is 0.367 e. The molecular formula is C20H27NO. The zero-order valence-corrected chi connectivity index (χ0v) is 14.0. The van der Waals surface area contributed by atoms with Crippen molar-refractivity contribution in [1.82, 2.24) is 4.90 Å². The molecule has 0 aliphatic rings. The third-order valence-electron chi connectivity index (χ3n) is 4.16. The molecule has 1 atom stereocenters. The average molecular weight is 297 g/mol. The fraction of sp³-hybridized carbons (Fsp3) is 0.400. The van der Waals surface area contributed by atoms with Gasteiger partial charge in [0.1, 0.15) is 6.10 Å². The zero-order chi connectivity index (χ0) is 15.8. The van der Waals surface area contributed by atoms with Gasteiger partial charge in [-0.3, -0.25) is 0 Å². The van der Waals surface area contributed by atoms with Crippen molar-refractivity contribution < 1.29 is 4.74 Å². The first kappa shape index (κ1) is 16.7. The van der Waals surface area contributed by atoms with Crippen LogP contribution in [-0.4, -0.2) is 31.1 Å². The van der Waals surface area contributed by atoms with Gasteiger partial charge in [-0.2, -0.15) is 0 Å². The first-order valence-corrected chi connectivity index (χ1v) is 8.20. The lowest BCUT2D eigenvalue weighted by Crippen LogP contribution is -2.27. The van der Waals surface area contributed by atoms with Crippen molar-refractivity contribution in [3.63, 3.8) is 0 Å². The smallest absolute Gasteiger partial charge is 0.108 e. The first-order chi connectivity index (χ1) is 10.8. The molecule has 0 spiro atoms. The highest BCUT2D eigenvalue weighted by Gasteiger charge is 2.16. The van der Waals surface area contributed by atoms with E-state index >= 15 is 0 Å². The molecule has 0 amide bonds. The van der Waals surface area contributed by atoms with Crippen LogP contribution in [0.2, 0.25) is 0 Å². The molecule has 0 fully saturated rings. The number of hydrogen-bond acceptors (Lipinski definition) is 2. The van der Waals surface area contributed by atoms with Gasteiger partial charge in [-0.15, -0.1) is 0 Å². The van der Waals surface area contributed by atoms with Crippen molar-refractivity contribution in [2.24, 2.45) is 0 Å². The number of hydrogen-bond donors (Lipinski definition) is 0. The summed E-state index contributed by atoms with van der Waals surface area (Å²) in [6.07, 6.45) is 0.0120. The van der Waals surface area contributed by atoms with Crippen LogP contribution < -0.4 is 0 Å². The third kappa shape index (κ3) is 4.43. The maximum atomic E-state index is 6.29. The van der Waals surface area contributed by atoms with Gasteiger partial charge >= 0.3 is 0 Å². The van der Waals surface area contributed by atoms with Gasteiger partial charge in [-0.1, -0.05) is 68.4 Å². The van der Waals surface area contributed by atoms with E-state index in [1.54, 1.807) is 0 Å². The summed E-state index contributed by atoms with van der Waals surface area (Å²) in [6.45, 7) is 10.4. The number of ether oxygens (including phenoxy) is 1. The molecule has 0 saturated heterocycles. The van der Waals surface area contributed by atoms with Crippen LogP contribution in [0.3, 0.4) is 0 Å². The molecule has 0 radical (unpaired) electrons. The number of rotatable bonds is 8. The van der Waals surface area contributed by atoms with Crippen LogP contribution in [0.1, 0.15) is 36.6 Å². The lowest BCUT2D eigenvalue weighted by atomic mass is 9.97. The summed E-state index contributed by atoms with van der Waals surface area (Å²) in [5.74, 6) is 0. The van der Waals surface area contributed by atoms with Crippen LogP contribution in [0, 0.1) is 6.92 Å². The Morgan fingerprint density at radius 2 is 1.55 bits per heavy atom. The standard InChI is InChI=1S/C20H27NO/c1-4-21(5-2)15-16-22-20(18-12-7-6-8-13-18)19-14-10-9-11-17(19)3/h6-14,20H,4-5,15-16H2,1-3H3/t20-/m1/s1. The summed E-state index contributed by atoms with van der Waals surface area (Å²) in [7, 11) is 0. The van der Waals surface area contributed by atoms with Crippen LogP contribution in [0.15, 0.2) is 54.6 Å². The molecule has 0 saturated carbocycles. The third-order valence-corrected chi connectivity index (χ3v) is 4.16. The second kappa shape index (κ2) is 8.72. The molecule has 2 nitrogen and oxygen atoms in total. The van der Waals surface area contributed by atoms with Gasteiger partial charge < -0.3 is 9.64 Å². The summed E-state index contributed by atoms with van der Waals surface area (Å²) < 4.78 is 6.29. The van der Waals surface area contributed by atoms with Gasteiger partial charge in [0.05, 0.1) is 6.61 Å². The predicted octanol–water partition coefficient (Wildman–Crippen LogP) is 4.44. The van der Waals surface area contributed by atoms with E-state index in [1.165, 1.54) is 16.7 Å². The lowest BCUT2D eigenvalue weighted by Gasteiger charge is -2.23. The molecule has 0 unspecified atom stereocenters. The Labute approximate surface area is 134 Å². The number of likely N-dealkylation sites (N-methyl/N-ethyl adjacent to an activating group) is 1. The number of benzene rings is 2. The Balaban J connectivity index is 2.15. The Bertz CT molecular complexity index is 549. The van der Waals surface area contributed by atoms with Crippen LogP contribution in [0.5, 0.6) is 0 Å². The Hall–Kier alpha value is -1.64. The molecule has 2 rings (SSSR count). The maximum absolute atomic E-state index is 6.29. The molecule has 2 aromatic rings. The normalized spacial score (nSPS) is 12.5. The van der Waals surface area contributed by atoms with E-state index in [9.17, 15) is 0 Å². The van der Waals surface area contributed by atoms with Gasteiger partial charge in [-0.25, -0.2) is 0 Å². The van der Waals surface area contributed by atoms with E-state index in [2.05, 4.69) is 74.2 Å². The van der Waals surface area contributed by atoms with Crippen molar-refractivity contribution in [2.45, 2.75) is 26.9 Å². The van der Waals surface area contributed by atoms with Crippen molar-refractivity contribution in [3.05, 3.63) is 71.3 Å². The van der Waals surface area contributed by atoms with Gasteiger partial charge in [0.2, 0.25) is 0 Å². The molecule has 2 aromatic carbocycles. The Morgan fingerprint density at radius 3 is 2.18 bits per heavy atom. The molecule has 0 aromatic heterocycles. The van der Waals surface area contributed by atoms with Gasteiger partial charge in [-0.05, 0) is 36.7 Å². The van der Waals surface area contributed by atoms with Gasteiger partial charge in [0, 0.05) is 6.54 Å². The van der Waals surface area contributed by atoms with Crippen LogP contribution in [0.4, 0.5) is 0 Å². The zero-order valence-electron chi connectivity index (χ0n) is 14.0. The van der Waals surface area contributed by atoms with E-state index in [4.69, 9.17) is 4.74 Å². The van der Waals surface area contributed by atoms with Gasteiger partial charge in [0.25, 0.3) is 0 Å². The molecule has 0 N–H and O–H groups in total. The fourth-order valence-corrected chi connectivity index (χ4v) is 2.71. The maximum Gasteiger partial charge on any atom is 0.108 e. The highest BCUT2D eigenvalue weighted by atomic mass is 16.5. The van der Waals surface area contributed by atoms with Crippen LogP contribution >= 0.6 is 0 Å². The monoisotopic (exact) mass is 297 g/mol. The Kier molecular flexibility index (Phi) is 6.63. The minimum atomic E-state index is 0.0120. The molecule has 0 aliphatic heterocycles. The Morgan fingerprint density at radius 1 is 0.909 bits per heavy atom. The second-order valence-corrected chi connectivity index (χ2v) is 5.54. The second-order valence-electron chi connectivity index (χ2n) is 5.54. The highest BCUT2D eigenvalue weighted by molar-refractivity contribution is 5.35. The molecule has 2 heteroatoms. The summed E-state index contributed by atoms with van der Waals surface area (Å²) in [5.41, 5.74) is 3.75. The van der Waals surface area contributed by atoms with Gasteiger partial charge in [0.15, 0.2) is 0 Å². The molecule has 0 bridgehead atoms. The van der Waals surface area contributed by atoms with Crippen molar-refractivity contribution >= 4 is 0 Å². The van der Waals surface area contributed by atoms with Crippen LogP contribution in [-0.2, 0) is 4.74 Å². The van der Waals surface area contributed by atoms with Crippen molar-refractivity contribution in [2.75, 3.05) is 26.2 Å². The molecule has 0 heterocycles. The quantitative estimate of drug-likeness (QED) is 0.714. The minimum Gasteiger partial charge on any atom is -0.367 e. The fourth-order valence-electron chi connectivity index (χ4n) is 2.71. The lowest BCUT2D eigenvalue weighted by molar-refractivity contribution is 0.0615. The highest BCUT2D eigenvalue weighted by Crippen LogP contribution is 2.28. The molecule has 22 heavy (non-hydrogen) atoms. The molecule has 118 valence electrons. The van der Waals surface area contributed by atoms with Crippen molar-refractivity contribution in [3.8, 4) is 0 Å². The van der Waals surface area contributed by atoms with E-state index in [0.717, 1.165) is 26.2 Å². The summed E-state index contributed by atoms with van der Waals surface area (Å²) >= 11 is 0. The molecular weight excluding hydrogens is 270 g/mol. The first-order valence-electron chi connectivity index (χ1n) is 8.20. The van der Waals surface area contributed by atoms with E-state index < -0.39 is 0 Å². The topological polar surface area (TPSA) is 12.5 Å². The SMILES string of the molecule is CCN(CC)CCO[C@H](c1ccccc1)c1ccccc1C. The molecule has 0 aliphatic carbocycles. The minimum absolute atomic E-state index is 0.0120. The van der Waals surface area contributed by atoms with E-state index in [0.29, 0.717) is 0 Å². The number of aryl methyl sites for hydroxylation is 1. The number of nitrogens with zero attached hydrogens (tertiary/aromatic N) is 1. The van der Waals surface area contributed by atoms with Crippen molar-refractivity contribution in [1.29, 1.82) is 0 Å². The van der Waals surface area contributed by atoms with Crippen LogP contribution in [0.25, 0.3) is 0 Å². The summed E-state index contributed by atoms with van der Waals surface area (Å²) in [6, 6.07) is 19.0. The summed E-state index contributed by atoms with van der Waals surface area (Å²) in [5, 5.41) is 0. The summed E-state index contributed by atoms with van der Waals surface area (Å²) in [4.78, 5) is 2.39.